The summed E-state index contributed by atoms with van der Waals surface area (Å²) in [6.45, 7) is 1.48. The molecule has 0 unspecified atom stereocenters. The monoisotopic (exact) mass is 195 g/mol. The molecule has 5 heteroatoms. The molecule has 1 atom stereocenters. The lowest BCUT2D eigenvalue weighted by Gasteiger charge is -2.14. The van der Waals surface area contributed by atoms with Crippen molar-refractivity contribution in [2.75, 3.05) is 0 Å². The normalized spacial score (nSPS) is 25.6. The van der Waals surface area contributed by atoms with E-state index in [0.29, 0.717) is 11.5 Å². The van der Waals surface area contributed by atoms with Gasteiger partial charge in [-0.2, -0.15) is 0 Å². The molecule has 1 aliphatic heterocycles. The van der Waals surface area contributed by atoms with Gasteiger partial charge < -0.3 is 14.4 Å². The number of furan rings is 1. The fourth-order valence-electron chi connectivity index (χ4n) is 1.23. The lowest BCUT2D eigenvalue weighted by molar-refractivity contribution is -0.160. The molecule has 1 aromatic heterocycles. The van der Waals surface area contributed by atoms with E-state index in [1.807, 2.05) is 0 Å². The topological polar surface area (TPSA) is 72.0 Å². The minimum atomic E-state index is -1.26. The van der Waals surface area contributed by atoms with Crippen LogP contribution in [0.5, 0.6) is 0 Å². The third kappa shape index (κ3) is 1.26. The van der Waals surface area contributed by atoms with Gasteiger partial charge in [-0.05, 0) is 19.1 Å². The molecular formula is C9H9NO4. The summed E-state index contributed by atoms with van der Waals surface area (Å²) in [6.07, 6.45) is 1.73. The van der Waals surface area contributed by atoms with Crippen LogP contribution in [0.15, 0.2) is 28.0 Å². The number of rotatable bonds is 2. The summed E-state index contributed by atoms with van der Waals surface area (Å²) < 4.78 is 5.09. The van der Waals surface area contributed by atoms with Crippen LogP contribution in [0.2, 0.25) is 0 Å². The van der Waals surface area contributed by atoms with Crippen molar-refractivity contribution in [3.63, 3.8) is 0 Å². The highest BCUT2D eigenvalue weighted by Gasteiger charge is 2.43. The van der Waals surface area contributed by atoms with E-state index in [-0.39, 0.29) is 6.42 Å². The summed E-state index contributed by atoms with van der Waals surface area (Å²) in [5, 5.41) is 12.6. The van der Waals surface area contributed by atoms with E-state index in [1.54, 1.807) is 12.1 Å². The quantitative estimate of drug-likeness (QED) is 0.770. The second-order valence-electron chi connectivity index (χ2n) is 3.32. The lowest BCUT2D eigenvalue weighted by Crippen LogP contribution is -2.35. The van der Waals surface area contributed by atoms with Crippen molar-refractivity contribution in [2.45, 2.75) is 18.9 Å². The standard InChI is InChI=1S/C9H9NO4/c1-9(8(11)12)5-6(10-14-9)7-3-2-4-13-7/h2-4H,5H2,1H3,(H,11,12)/t9-/m0/s1. The van der Waals surface area contributed by atoms with E-state index in [0.717, 1.165) is 0 Å². The Labute approximate surface area is 80.0 Å². The summed E-state index contributed by atoms with van der Waals surface area (Å²) in [5.74, 6) is -0.474. The van der Waals surface area contributed by atoms with Crippen molar-refractivity contribution in [1.29, 1.82) is 0 Å². The summed E-state index contributed by atoms with van der Waals surface area (Å²) >= 11 is 0. The SMILES string of the molecule is C[C@@]1(C(=O)O)CC(c2ccco2)=NO1. The molecule has 1 aromatic rings. The minimum absolute atomic E-state index is 0.218. The van der Waals surface area contributed by atoms with Gasteiger partial charge in [0.15, 0.2) is 5.76 Å². The number of oxime groups is 1. The molecule has 0 radical (unpaired) electrons. The van der Waals surface area contributed by atoms with Gasteiger partial charge in [0.2, 0.25) is 5.60 Å². The maximum atomic E-state index is 10.8. The van der Waals surface area contributed by atoms with Crippen molar-refractivity contribution in [2.24, 2.45) is 5.16 Å². The Kier molecular flexibility index (Phi) is 1.80. The molecule has 0 aromatic carbocycles. The van der Waals surface area contributed by atoms with E-state index >= 15 is 0 Å². The number of carbonyl (C=O) groups is 1. The van der Waals surface area contributed by atoms with E-state index in [2.05, 4.69) is 5.16 Å². The Hall–Kier alpha value is -1.78. The van der Waals surface area contributed by atoms with Crippen LogP contribution >= 0.6 is 0 Å². The second-order valence-corrected chi connectivity index (χ2v) is 3.32. The molecule has 14 heavy (non-hydrogen) atoms. The molecule has 0 amide bonds. The zero-order valence-electron chi connectivity index (χ0n) is 7.56. The van der Waals surface area contributed by atoms with Crippen molar-refractivity contribution < 1.29 is 19.2 Å². The number of hydrogen-bond acceptors (Lipinski definition) is 4. The average molecular weight is 195 g/mol. The number of carboxylic acid groups (broad SMARTS) is 1. The van der Waals surface area contributed by atoms with Gasteiger partial charge in [0.1, 0.15) is 5.71 Å². The molecule has 0 aliphatic carbocycles. The van der Waals surface area contributed by atoms with Gasteiger partial charge in [0, 0.05) is 0 Å². The molecule has 5 nitrogen and oxygen atoms in total. The molecule has 2 heterocycles. The Morgan fingerprint density at radius 1 is 1.71 bits per heavy atom. The molecule has 0 saturated heterocycles. The fraction of sp³-hybridized carbons (Fsp3) is 0.333. The van der Waals surface area contributed by atoms with Gasteiger partial charge in [0.05, 0.1) is 12.7 Å². The Morgan fingerprint density at radius 3 is 3.00 bits per heavy atom. The van der Waals surface area contributed by atoms with Crippen molar-refractivity contribution in [1.82, 2.24) is 0 Å². The van der Waals surface area contributed by atoms with Crippen molar-refractivity contribution >= 4 is 11.7 Å². The van der Waals surface area contributed by atoms with Crippen LogP contribution in [-0.2, 0) is 9.63 Å². The number of carboxylic acids is 1. The third-order valence-electron chi connectivity index (χ3n) is 2.12. The van der Waals surface area contributed by atoms with Gasteiger partial charge in [-0.15, -0.1) is 0 Å². The van der Waals surface area contributed by atoms with Crippen LogP contribution in [0.4, 0.5) is 0 Å². The van der Waals surface area contributed by atoms with Gasteiger partial charge >= 0.3 is 5.97 Å². The molecule has 0 bridgehead atoms. The second kappa shape index (κ2) is 2.87. The highest BCUT2D eigenvalue weighted by molar-refractivity contribution is 6.02. The lowest BCUT2D eigenvalue weighted by atomic mass is 9.99. The van der Waals surface area contributed by atoms with E-state index < -0.39 is 11.6 Å². The Bertz CT molecular complexity index is 382. The molecular weight excluding hydrogens is 186 g/mol. The minimum Gasteiger partial charge on any atom is -0.478 e. The van der Waals surface area contributed by atoms with Gasteiger partial charge in [-0.3, -0.25) is 0 Å². The van der Waals surface area contributed by atoms with Crippen LogP contribution in [0.25, 0.3) is 0 Å². The molecule has 0 saturated carbocycles. The van der Waals surface area contributed by atoms with Gasteiger partial charge in [-0.25, -0.2) is 4.79 Å². The molecule has 0 spiro atoms. The number of aliphatic carboxylic acids is 1. The van der Waals surface area contributed by atoms with Crippen LogP contribution in [0.3, 0.4) is 0 Å². The van der Waals surface area contributed by atoms with Gasteiger partial charge in [-0.1, -0.05) is 5.16 Å². The third-order valence-corrected chi connectivity index (χ3v) is 2.12. The fourth-order valence-corrected chi connectivity index (χ4v) is 1.23. The summed E-state index contributed by atoms with van der Waals surface area (Å²) in [7, 11) is 0. The zero-order valence-corrected chi connectivity index (χ0v) is 7.56. The van der Waals surface area contributed by atoms with Crippen molar-refractivity contribution in [3.05, 3.63) is 24.2 Å². The van der Waals surface area contributed by atoms with E-state index in [4.69, 9.17) is 14.4 Å². The highest BCUT2D eigenvalue weighted by Crippen LogP contribution is 2.26. The Balaban J connectivity index is 2.19. The summed E-state index contributed by atoms with van der Waals surface area (Å²) in [5.41, 5.74) is -0.734. The molecule has 0 fully saturated rings. The number of hydrogen-bond donors (Lipinski definition) is 1. The Morgan fingerprint density at radius 2 is 2.50 bits per heavy atom. The summed E-state index contributed by atoms with van der Waals surface area (Å²) in [6, 6.07) is 3.43. The molecule has 74 valence electrons. The first-order valence-corrected chi connectivity index (χ1v) is 4.14. The van der Waals surface area contributed by atoms with Gasteiger partial charge in [0.25, 0.3) is 0 Å². The predicted molar refractivity (Wildman–Crippen MR) is 47.0 cm³/mol. The largest absolute Gasteiger partial charge is 0.478 e. The number of nitrogens with zero attached hydrogens (tertiary/aromatic N) is 1. The maximum absolute atomic E-state index is 10.8. The van der Waals surface area contributed by atoms with Crippen LogP contribution in [0.1, 0.15) is 19.1 Å². The van der Waals surface area contributed by atoms with Crippen LogP contribution in [-0.4, -0.2) is 22.4 Å². The first kappa shape index (κ1) is 8.80. The zero-order chi connectivity index (χ0) is 10.2. The highest BCUT2D eigenvalue weighted by atomic mass is 16.7. The average Bonchev–Trinajstić information content (AvgIpc) is 2.72. The van der Waals surface area contributed by atoms with E-state index in [1.165, 1.54) is 13.2 Å². The first-order valence-electron chi connectivity index (χ1n) is 4.14. The summed E-state index contributed by atoms with van der Waals surface area (Å²) in [4.78, 5) is 15.7. The van der Waals surface area contributed by atoms with E-state index in [9.17, 15) is 4.79 Å². The van der Waals surface area contributed by atoms with Crippen LogP contribution in [0, 0.1) is 0 Å². The smallest absolute Gasteiger partial charge is 0.351 e. The van der Waals surface area contributed by atoms with Crippen molar-refractivity contribution in [3.8, 4) is 0 Å². The van der Waals surface area contributed by atoms with Crippen LogP contribution < -0.4 is 0 Å². The predicted octanol–water partition coefficient (Wildman–Crippen LogP) is 1.25. The first-order chi connectivity index (χ1) is 6.62. The maximum Gasteiger partial charge on any atom is 0.351 e. The molecule has 1 aliphatic rings. The molecule has 2 rings (SSSR count). The molecule has 1 N–H and O–H groups in total.